The van der Waals surface area contributed by atoms with Crippen LogP contribution in [0.3, 0.4) is 0 Å². The summed E-state index contributed by atoms with van der Waals surface area (Å²) in [7, 11) is -2.20. The summed E-state index contributed by atoms with van der Waals surface area (Å²) in [5, 5.41) is 0.799. The molecule has 0 bridgehead atoms. The van der Waals surface area contributed by atoms with Crippen molar-refractivity contribution in [2.45, 2.75) is 4.90 Å². The second kappa shape index (κ2) is 6.38. The number of hydrogen-bond donors (Lipinski definition) is 1. The third kappa shape index (κ3) is 3.11. The standard InChI is InChI=1S/C18H16N2O5S/c1-23-14-3-2-12-8-13(11-19-16(12)9-14)20-26(21,22)15-4-5-17-18(10-15)25-7-6-24-17/h2-5,8-11,20H,6-7H2,1H3. The molecular formula is C18H16N2O5S. The van der Waals surface area contributed by atoms with E-state index in [-0.39, 0.29) is 4.90 Å². The molecule has 8 heteroatoms. The molecule has 1 N–H and O–H groups in total. The lowest BCUT2D eigenvalue weighted by Gasteiger charge is -2.19. The molecule has 0 atom stereocenters. The first-order chi connectivity index (χ1) is 12.5. The van der Waals surface area contributed by atoms with Crippen LogP contribution >= 0.6 is 0 Å². The Morgan fingerprint density at radius 2 is 1.85 bits per heavy atom. The molecule has 7 nitrogen and oxygen atoms in total. The molecule has 1 aliphatic heterocycles. The SMILES string of the molecule is COc1ccc2cc(NS(=O)(=O)c3ccc4c(c3)OCCO4)cnc2c1. The highest BCUT2D eigenvalue weighted by atomic mass is 32.2. The van der Waals surface area contributed by atoms with Crippen LogP contribution in [0.1, 0.15) is 0 Å². The molecule has 2 aromatic carbocycles. The lowest BCUT2D eigenvalue weighted by atomic mass is 10.2. The number of sulfonamides is 1. The first-order valence-electron chi connectivity index (χ1n) is 7.91. The van der Waals surface area contributed by atoms with Crippen molar-refractivity contribution in [3.8, 4) is 17.2 Å². The monoisotopic (exact) mass is 372 g/mol. The molecule has 1 aliphatic rings. The first-order valence-corrected chi connectivity index (χ1v) is 9.40. The van der Waals surface area contributed by atoms with Crippen LogP contribution in [0.25, 0.3) is 10.9 Å². The Balaban J connectivity index is 1.64. The number of methoxy groups -OCH3 is 1. The lowest BCUT2D eigenvalue weighted by Crippen LogP contribution is -2.17. The van der Waals surface area contributed by atoms with Gasteiger partial charge in [0.05, 0.1) is 29.4 Å². The minimum atomic E-state index is -3.78. The maximum Gasteiger partial charge on any atom is 0.262 e. The van der Waals surface area contributed by atoms with Crippen LogP contribution in [0.5, 0.6) is 17.2 Å². The third-order valence-electron chi connectivity index (χ3n) is 3.97. The van der Waals surface area contributed by atoms with Crippen molar-refractivity contribution < 1.29 is 22.6 Å². The highest BCUT2D eigenvalue weighted by Crippen LogP contribution is 2.33. The summed E-state index contributed by atoms with van der Waals surface area (Å²) in [5.74, 6) is 1.65. The molecule has 0 saturated carbocycles. The van der Waals surface area contributed by atoms with Gasteiger partial charge in [-0.3, -0.25) is 9.71 Å². The number of benzene rings is 2. The molecule has 0 unspecified atom stereocenters. The second-order valence-electron chi connectivity index (χ2n) is 5.69. The zero-order valence-corrected chi connectivity index (χ0v) is 14.7. The fourth-order valence-electron chi connectivity index (χ4n) is 2.69. The van der Waals surface area contributed by atoms with E-state index in [0.29, 0.717) is 41.7 Å². The summed E-state index contributed by atoms with van der Waals surface area (Å²) in [6.07, 6.45) is 1.47. The van der Waals surface area contributed by atoms with Crippen molar-refractivity contribution in [3.63, 3.8) is 0 Å². The summed E-state index contributed by atoms with van der Waals surface area (Å²) in [4.78, 5) is 4.38. The van der Waals surface area contributed by atoms with Crippen LogP contribution in [-0.2, 0) is 10.0 Å². The molecule has 0 fully saturated rings. The molecule has 3 aromatic rings. The topological polar surface area (TPSA) is 86.8 Å². The fourth-order valence-corrected chi connectivity index (χ4v) is 3.74. The number of pyridine rings is 1. The van der Waals surface area contributed by atoms with Crippen molar-refractivity contribution in [2.75, 3.05) is 25.0 Å². The normalized spacial score (nSPS) is 13.4. The van der Waals surface area contributed by atoms with E-state index in [0.717, 1.165) is 5.39 Å². The Morgan fingerprint density at radius 1 is 1.04 bits per heavy atom. The van der Waals surface area contributed by atoms with Crippen LogP contribution in [0.15, 0.2) is 53.6 Å². The number of hydrogen-bond acceptors (Lipinski definition) is 6. The molecule has 0 saturated heterocycles. The summed E-state index contributed by atoms with van der Waals surface area (Å²) in [5.41, 5.74) is 1.09. The van der Waals surface area contributed by atoms with Crippen LogP contribution < -0.4 is 18.9 Å². The minimum absolute atomic E-state index is 0.0941. The van der Waals surface area contributed by atoms with E-state index >= 15 is 0 Å². The van der Waals surface area contributed by atoms with Crippen molar-refractivity contribution in [1.82, 2.24) is 4.98 Å². The smallest absolute Gasteiger partial charge is 0.262 e. The third-order valence-corrected chi connectivity index (χ3v) is 5.35. The minimum Gasteiger partial charge on any atom is -0.497 e. The van der Waals surface area contributed by atoms with E-state index in [1.165, 1.54) is 18.3 Å². The highest BCUT2D eigenvalue weighted by Gasteiger charge is 2.19. The van der Waals surface area contributed by atoms with E-state index in [4.69, 9.17) is 14.2 Å². The number of ether oxygens (including phenoxy) is 3. The summed E-state index contributed by atoms with van der Waals surface area (Å²) < 4.78 is 43.9. The molecule has 134 valence electrons. The van der Waals surface area contributed by atoms with Crippen molar-refractivity contribution in [1.29, 1.82) is 0 Å². The zero-order valence-electron chi connectivity index (χ0n) is 13.9. The van der Waals surface area contributed by atoms with Gasteiger partial charge in [0.1, 0.15) is 19.0 Å². The van der Waals surface area contributed by atoms with E-state index in [9.17, 15) is 8.42 Å². The van der Waals surface area contributed by atoms with Crippen molar-refractivity contribution in [3.05, 3.63) is 48.7 Å². The molecule has 1 aromatic heterocycles. The van der Waals surface area contributed by atoms with Gasteiger partial charge in [0.15, 0.2) is 11.5 Å². The zero-order chi connectivity index (χ0) is 18.1. The second-order valence-corrected chi connectivity index (χ2v) is 7.38. The number of rotatable bonds is 4. The average Bonchev–Trinajstić information content (AvgIpc) is 2.67. The van der Waals surface area contributed by atoms with Gasteiger partial charge in [0.25, 0.3) is 10.0 Å². The van der Waals surface area contributed by atoms with Gasteiger partial charge >= 0.3 is 0 Å². The summed E-state index contributed by atoms with van der Waals surface area (Å²) in [6, 6.07) is 11.7. The van der Waals surface area contributed by atoms with Crippen LogP contribution in [0.4, 0.5) is 5.69 Å². The predicted molar refractivity (Wildman–Crippen MR) is 96.5 cm³/mol. The number of anilines is 1. The summed E-state index contributed by atoms with van der Waals surface area (Å²) >= 11 is 0. The van der Waals surface area contributed by atoms with Gasteiger partial charge in [-0.2, -0.15) is 0 Å². The van der Waals surface area contributed by atoms with Gasteiger partial charge in [-0.1, -0.05) is 0 Å². The van der Waals surface area contributed by atoms with Gasteiger partial charge in [-0.25, -0.2) is 8.42 Å². The van der Waals surface area contributed by atoms with E-state index < -0.39 is 10.0 Å². The largest absolute Gasteiger partial charge is 0.497 e. The van der Waals surface area contributed by atoms with Crippen LogP contribution in [-0.4, -0.2) is 33.7 Å². The van der Waals surface area contributed by atoms with E-state index in [1.54, 1.807) is 31.4 Å². The van der Waals surface area contributed by atoms with Crippen molar-refractivity contribution >= 4 is 26.6 Å². The average molecular weight is 372 g/mol. The Hall–Kier alpha value is -3.00. The number of fused-ring (bicyclic) bond motifs is 2. The number of nitrogens with one attached hydrogen (secondary N) is 1. The predicted octanol–water partition coefficient (Wildman–Crippen LogP) is 2.82. The van der Waals surface area contributed by atoms with Gasteiger partial charge in [-0.15, -0.1) is 0 Å². The van der Waals surface area contributed by atoms with Gasteiger partial charge in [-0.05, 0) is 30.3 Å². The fraction of sp³-hybridized carbons (Fsp3) is 0.167. The van der Waals surface area contributed by atoms with Gasteiger partial charge in [0, 0.05) is 17.5 Å². The van der Waals surface area contributed by atoms with E-state index in [2.05, 4.69) is 9.71 Å². The van der Waals surface area contributed by atoms with Gasteiger partial charge < -0.3 is 14.2 Å². The van der Waals surface area contributed by atoms with Gasteiger partial charge in [0.2, 0.25) is 0 Å². The molecule has 0 amide bonds. The Bertz CT molecular complexity index is 1080. The summed E-state index contributed by atoms with van der Waals surface area (Å²) in [6.45, 7) is 0.840. The molecule has 2 heterocycles. The molecule has 0 spiro atoms. The highest BCUT2D eigenvalue weighted by molar-refractivity contribution is 7.92. The molecule has 26 heavy (non-hydrogen) atoms. The Labute approximate surface area is 150 Å². The number of aromatic nitrogens is 1. The molecule has 0 radical (unpaired) electrons. The Kier molecular flexibility index (Phi) is 4.04. The molecular weight excluding hydrogens is 356 g/mol. The van der Waals surface area contributed by atoms with Crippen molar-refractivity contribution in [2.24, 2.45) is 0 Å². The number of nitrogens with zero attached hydrogens (tertiary/aromatic N) is 1. The Morgan fingerprint density at radius 3 is 2.65 bits per heavy atom. The van der Waals surface area contributed by atoms with Crippen LogP contribution in [0.2, 0.25) is 0 Å². The first kappa shape index (κ1) is 16.5. The quantitative estimate of drug-likeness (QED) is 0.758. The maximum absolute atomic E-state index is 12.7. The maximum atomic E-state index is 12.7. The molecule has 4 rings (SSSR count). The van der Waals surface area contributed by atoms with Crippen LogP contribution in [0, 0.1) is 0 Å². The lowest BCUT2D eigenvalue weighted by molar-refractivity contribution is 0.171. The molecule has 0 aliphatic carbocycles. The van der Waals surface area contributed by atoms with E-state index in [1.807, 2.05) is 6.07 Å².